The predicted octanol–water partition coefficient (Wildman–Crippen LogP) is 5.60. The summed E-state index contributed by atoms with van der Waals surface area (Å²) in [5, 5.41) is 12.5. The smallest absolute Gasteiger partial charge is 0.234 e. The first-order chi connectivity index (χ1) is 16.0. The number of rotatable bonds is 7. The standard InChI is InChI=1S/C26H26N4O2S/c1-17-13-18(2)24(19(3)14-17)27-23(31)16-33-26-29-28-25(20-9-8-12-22(15-20)32-4)30(26)21-10-6-5-7-11-21/h5-15H,16H2,1-4H3,(H,27,31). The van der Waals surface area contributed by atoms with Gasteiger partial charge in [0.05, 0.1) is 12.9 Å². The molecule has 0 atom stereocenters. The molecule has 168 valence electrons. The molecule has 7 heteroatoms. The van der Waals surface area contributed by atoms with E-state index in [1.165, 1.54) is 17.3 Å². The molecule has 4 rings (SSSR count). The molecule has 0 unspecified atom stereocenters. The second-order valence-corrected chi connectivity index (χ2v) is 8.76. The highest BCUT2D eigenvalue weighted by molar-refractivity contribution is 7.99. The lowest BCUT2D eigenvalue weighted by atomic mass is 10.1. The highest BCUT2D eigenvalue weighted by Crippen LogP contribution is 2.30. The van der Waals surface area contributed by atoms with E-state index in [-0.39, 0.29) is 11.7 Å². The number of carbonyl (C=O) groups is 1. The Hall–Kier alpha value is -3.58. The van der Waals surface area contributed by atoms with Crippen LogP contribution in [-0.2, 0) is 4.79 Å². The quantitative estimate of drug-likeness (QED) is 0.365. The van der Waals surface area contributed by atoms with E-state index in [1.54, 1.807) is 7.11 Å². The van der Waals surface area contributed by atoms with Crippen molar-refractivity contribution in [3.05, 3.63) is 83.4 Å². The van der Waals surface area contributed by atoms with Crippen LogP contribution in [0.4, 0.5) is 5.69 Å². The molecular weight excluding hydrogens is 432 g/mol. The van der Waals surface area contributed by atoms with Crippen molar-refractivity contribution in [1.29, 1.82) is 0 Å². The van der Waals surface area contributed by atoms with Gasteiger partial charge >= 0.3 is 0 Å². The number of nitrogens with one attached hydrogen (secondary N) is 1. The van der Waals surface area contributed by atoms with Crippen LogP contribution < -0.4 is 10.1 Å². The summed E-state index contributed by atoms with van der Waals surface area (Å²) in [4.78, 5) is 12.8. The predicted molar refractivity (Wildman–Crippen MR) is 133 cm³/mol. The number of carbonyl (C=O) groups excluding carboxylic acids is 1. The van der Waals surface area contributed by atoms with Gasteiger partial charge in [-0.1, -0.05) is 59.8 Å². The molecule has 0 aliphatic heterocycles. The Morgan fingerprint density at radius 1 is 0.970 bits per heavy atom. The number of para-hydroxylation sites is 1. The third kappa shape index (κ3) is 5.09. The van der Waals surface area contributed by atoms with Crippen LogP contribution >= 0.6 is 11.8 Å². The van der Waals surface area contributed by atoms with Crippen molar-refractivity contribution < 1.29 is 9.53 Å². The van der Waals surface area contributed by atoms with Gasteiger partial charge in [-0.15, -0.1) is 10.2 Å². The van der Waals surface area contributed by atoms with Gasteiger partial charge in [0.2, 0.25) is 5.91 Å². The van der Waals surface area contributed by atoms with Crippen molar-refractivity contribution in [2.45, 2.75) is 25.9 Å². The van der Waals surface area contributed by atoms with Crippen molar-refractivity contribution in [1.82, 2.24) is 14.8 Å². The number of aryl methyl sites for hydroxylation is 3. The minimum atomic E-state index is -0.0828. The average Bonchev–Trinajstić information content (AvgIpc) is 3.24. The zero-order chi connectivity index (χ0) is 23.4. The maximum absolute atomic E-state index is 12.8. The molecule has 33 heavy (non-hydrogen) atoms. The van der Waals surface area contributed by atoms with Crippen LogP contribution in [0.5, 0.6) is 5.75 Å². The maximum atomic E-state index is 12.8. The Kier molecular flexibility index (Phi) is 6.79. The number of ether oxygens (including phenoxy) is 1. The fourth-order valence-electron chi connectivity index (χ4n) is 3.81. The van der Waals surface area contributed by atoms with E-state index in [1.807, 2.05) is 73.0 Å². The van der Waals surface area contributed by atoms with Crippen LogP contribution in [-0.4, -0.2) is 33.5 Å². The average molecular weight is 459 g/mol. The van der Waals surface area contributed by atoms with Gasteiger partial charge < -0.3 is 10.1 Å². The van der Waals surface area contributed by atoms with Crippen LogP contribution in [0.3, 0.4) is 0 Å². The van der Waals surface area contributed by atoms with Gasteiger partial charge in [-0.2, -0.15) is 0 Å². The second kappa shape index (κ2) is 9.92. The van der Waals surface area contributed by atoms with Gasteiger partial charge in [0.25, 0.3) is 0 Å². The van der Waals surface area contributed by atoms with Gasteiger partial charge in [0.1, 0.15) is 5.75 Å². The number of anilines is 1. The summed E-state index contributed by atoms with van der Waals surface area (Å²) < 4.78 is 7.34. The molecule has 6 nitrogen and oxygen atoms in total. The summed E-state index contributed by atoms with van der Waals surface area (Å²) in [6.07, 6.45) is 0. The molecule has 1 heterocycles. The summed E-state index contributed by atoms with van der Waals surface area (Å²) in [5.41, 5.74) is 5.96. The van der Waals surface area contributed by atoms with Crippen LogP contribution in [0.15, 0.2) is 71.9 Å². The van der Waals surface area contributed by atoms with Gasteiger partial charge in [0, 0.05) is 16.9 Å². The lowest BCUT2D eigenvalue weighted by Gasteiger charge is -2.13. The monoisotopic (exact) mass is 458 g/mol. The Morgan fingerprint density at radius 2 is 1.70 bits per heavy atom. The summed E-state index contributed by atoms with van der Waals surface area (Å²) in [6.45, 7) is 6.07. The van der Waals surface area contributed by atoms with E-state index in [2.05, 4.69) is 34.6 Å². The molecule has 3 aromatic carbocycles. The lowest BCUT2D eigenvalue weighted by Crippen LogP contribution is -2.16. The van der Waals surface area contributed by atoms with E-state index in [0.29, 0.717) is 11.0 Å². The number of amides is 1. The van der Waals surface area contributed by atoms with E-state index in [4.69, 9.17) is 4.74 Å². The van der Waals surface area contributed by atoms with Crippen molar-refractivity contribution in [2.24, 2.45) is 0 Å². The number of nitrogens with zero attached hydrogens (tertiary/aromatic N) is 3. The van der Waals surface area contributed by atoms with Crippen LogP contribution in [0.1, 0.15) is 16.7 Å². The SMILES string of the molecule is COc1cccc(-c2nnc(SCC(=O)Nc3c(C)cc(C)cc3C)n2-c2ccccc2)c1. The first-order valence-electron chi connectivity index (χ1n) is 10.6. The van der Waals surface area contributed by atoms with E-state index in [9.17, 15) is 4.79 Å². The number of benzene rings is 3. The molecule has 0 saturated heterocycles. The minimum absolute atomic E-state index is 0.0828. The fourth-order valence-corrected chi connectivity index (χ4v) is 4.56. The number of hydrogen-bond acceptors (Lipinski definition) is 5. The number of methoxy groups -OCH3 is 1. The summed E-state index contributed by atoms with van der Waals surface area (Å²) >= 11 is 1.36. The molecule has 1 N–H and O–H groups in total. The zero-order valence-electron chi connectivity index (χ0n) is 19.1. The largest absolute Gasteiger partial charge is 0.497 e. The van der Waals surface area contributed by atoms with Crippen LogP contribution in [0, 0.1) is 20.8 Å². The van der Waals surface area contributed by atoms with Crippen molar-refractivity contribution in [3.63, 3.8) is 0 Å². The van der Waals surface area contributed by atoms with Crippen molar-refractivity contribution >= 4 is 23.4 Å². The lowest BCUT2D eigenvalue weighted by molar-refractivity contribution is -0.113. The first-order valence-corrected chi connectivity index (χ1v) is 11.6. The molecule has 0 aliphatic carbocycles. The maximum Gasteiger partial charge on any atom is 0.234 e. The minimum Gasteiger partial charge on any atom is -0.497 e. The molecular formula is C26H26N4O2S. The highest BCUT2D eigenvalue weighted by Gasteiger charge is 2.18. The summed E-state index contributed by atoms with van der Waals surface area (Å²) in [6, 6.07) is 21.7. The topological polar surface area (TPSA) is 69.0 Å². The third-order valence-electron chi connectivity index (χ3n) is 5.25. The Bertz CT molecular complexity index is 1260. The normalized spacial score (nSPS) is 10.8. The summed E-state index contributed by atoms with van der Waals surface area (Å²) in [7, 11) is 1.64. The van der Waals surface area contributed by atoms with Crippen LogP contribution in [0.25, 0.3) is 17.1 Å². The van der Waals surface area contributed by atoms with Gasteiger partial charge in [-0.3, -0.25) is 9.36 Å². The molecule has 0 radical (unpaired) electrons. The van der Waals surface area contributed by atoms with E-state index < -0.39 is 0 Å². The first kappa shape index (κ1) is 22.6. The number of hydrogen-bond donors (Lipinski definition) is 1. The fraction of sp³-hybridized carbons (Fsp3) is 0.192. The third-order valence-corrected chi connectivity index (χ3v) is 6.18. The van der Waals surface area contributed by atoms with Crippen molar-refractivity contribution in [2.75, 3.05) is 18.2 Å². The molecule has 1 aromatic heterocycles. The zero-order valence-corrected chi connectivity index (χ0v) is 19.9. The molecule has 0 saturated carbocycles. The highest BCUT2D eigenvalue weighted by atomic mass is 32.2. The second-order valence-electron chi connectivity index (χ2n) is 7.82. The molecule has 0 fully saturated rings. The van der Waals surface area contributed by atoms with Gasteiger partial charge in [-0.25, -0.2) is 0 Å². The summed E-state index contributed by atoms with van der Waals surface area (Å²) in [5.74, 6) is 1.57. The Morgan fingerprint density at radius 3 is 2.39 bits per heavy atom. The Labute approximate surface area is 198 Å². The molecule has 4 aromatic rings. The Balaban J connectivity index is 1.60. The van der Waals surface area contributed by atoms with Crippen LogP contribution in [0.2, 0.25) is 0 Å². The van der Waals surface area contributed by atoms with Gasteiger partial charge in [-0.05, 0) is 56.2 Å². The number of aromatic nitrogens is 3. The molecule has 0 spiro atoms. The molecule has 1 amide bonds. The van der Waals surface area contributed by atoms with Gasteiger partial charge in [0.15, 0.2) is 11.0 Å². The van der Waals surface area contributed by atoms with Crippen molar-refractivity contribution in [3.8, 4) is 22.8 Å². The molecule has 0 bridgehead atoms. The molecule has 0 aliphatic rings. The van der Waals surface area contributed by atoms with E-state index in [0.717, 1.165) is 33.8 Å². The van der Waals surface area contributed by atoms with E-state index >= 15 is 0 Å². The number of thioether (sulfide) groups is 1.